The summed E-state index contributed by atoms with van der Waals surface area (Å²) >= 11 is 0. The standard InChI is InChI=1S/C16H27N/c1-5-17-11-10-13(2)6-8-16-9-7-14(3)15(4)12-16/h7,9,12-13,17H,5-6,8,10-11H2,1-4H3. The Kier molecular flexibility index (Phi) is 6.28. The van der Waals surface area contributed by atoms with E-state index in [1.807, 2.05) is 0 Å². The molecule has 1 unspecified atom stereocenters. The Morgan fingerprint density at radius 3 is 2.53 bits per heavy atom. The zero-order valence-electron chi connectivity index (χ0n) is 11.8. The number of aryl methyl sites for hydroxylation is 3. The van der Waals surface area contributed by atoms with Crippen LogP contribution < -0.4 is 5.32 Å². The lowest BCUT2D eigenvalue weighted by atomic mass is 9.96. The van der Waals surface area contributed by atoms with Gasteiger partial charge in [-0.15, -0.1) is 0 Å². The highest BCUT2D eigenvalue weighted by Crippen LogP contribution is 2.15. The first-order valence-electron chi connectivity index (χ1n) is 6.90. The Morgan fingerprint density at radius 2 is 1.88 bits per heavy atom. The highest BCUT2D eigenvalue weighted by atomic mass is 14.8. The molecule has 0 saturated heterocycles. The molecule has 1 atom stereocenters. The van der Waals surface area contributed by atoms with Crippen LogP contribution >= 0.6 is 0 Å². The van der Waals surface area contributed by atoms with Crippen LogP contribution in [0.2, 0.25) is 0 Å². The molecule has 1 heteroatoms. The summed E-state index contributed by atoms with van der Waals surface area (Å²) in [7, 11) is 0. The second-order valence-electron chi connectivity index (χ2n) is 5.20. The first-order chi connectivity index (χ1) is 8.13. The largest absolute Gasteiger partial charge is 0.317 e. The van der Waals surface area contributed by atoms with E-state index in [0.717, 1.165) is 19.0 Å². The first kappa shape index (κ1) is 14.2. The summed E-state index contributed by atoms with van der Waals surface area (Å²) in [5.41, 5.74) is 4.31. The van der Waals surface area contributed by atoms with Gasteiger partial charge in [0, 0.05) is 0 Å². The molecule has 0 spiro atoms. The topological polar surface area (TPSA) is 12.0 Å². The molecule has 0 amide bonds. The van der Waals surface area contributed by atoms with Crippen LogP contribution in [0.4, 0.5) is 0 Å². The van der Waals surface area contributed by atoms with E-state index in [2.05, 4.69) is 51.2 Å². The van der Waals surface area contributed by atoms with Crippen molar-refractivity contribution in [2.24, 2.45) is 5.92 Å². The highest BCUT2D eigenvalue weighted by molar-refractivity contribution is 5.29. The van der Waals surface area contributed by atoms with Crippen molar-refractivity contribution in [2.75, 3.05) is 13.1 Å². The van der Waals surface area contributed by atoms with Crippen molar-refractivity contribution >= 4 is 0 Å². The molecule has 17 heavy (non-hydrogen) atoms. The number of rotatable bonds is 7. The van der Waals surface area contributed by atoms with Crippen LogP contribution in [0.15, 0.2) is 18.2 Å². The van der Waals surface area contributed by atoms with E-state index < -0.39 is 0 Å². The molecule has 1 rings (SSSR count). The molecule has 1 N–H and O–H groups in total. The molecule has 0 saturated carbocycles. The van der Waals surface area contributed by atoms with E-state index in [1.54, 1.807) is 0 Å². The predicted molar refractivity (Wildman–Crippen MR) is 76.6 cm³/mol. The summed E-state index contributed by atoms with van der Waals surface area (Å²) in [4.78, 5) is 0. The van der Waals surface area contributed by atoms with Gasteiger partial charge in [-0.25, -0.2) is 0 Å². The predicted octanol–water partition coefficient (Wildman–Crippen LogP) is 3.87. The van der Waals surface area contributed by atoms with Gasteiger partial charge >= 0.3 is 0 Å². The molecular weight excluding hydrogens is 206 g/mol. The number of benzene rings is 1. The van der Waals surface area contributed by atoms with E-state index in [1.165, 1.54) is 36.0 Å². The Bertz CT molecular complexity index is 330. The van der Waals surface area contributed by atoms with Gasteiger partial charge < -0.3 is 5.32 Å². The lowest BCUT2D eigenvalue weighted by molar-refractivity contribution is 0.474. The van der Waals surface area contributed by atoms with Crippen LogP contribution in [0.3, 0.4) is 0 Å². The maximum Gasteiger partial charge on any atom is -0.00465 e. The molecule has 0 fully saturated rings. The average Bonchev–Trinajstić information content (AvgIpc) is 2.31. The van der Waals surface area contributed by atoms with Crippen molar-refractivity contribution in [3.05, 3.63) is 34.9 Å². The minimum Gasteiger partial charge on any atom is -0.317 e. The molecule has 0 aliphatic heterocycles. The van der Waals surface area contributed by atoms with E-state index in [0.29, 0.717) is 0 Å². The van der Waals surface area contributed by atoms with Crippen molar-refractivity contribution < 1.29 is 0 Å². The Morgan fingerprint density at radius 1 is 1.12 bits per heavy atom. The van der Waals surface area contributed by atoms with Crippen molar-refractivity contribution in [1.82, 2.24) is 5.32 Å². The molecule has 96 valence electrons. The molecule has 0 aromatic heterocycles. The minimum absolute atomic E-state index is 0.815. The molecule has 0 radical (unpaired) electrons. The zero-order valence-corrected chi connectivity index (χ0v) is 11.8. The van der Waals surface area contributed by atoms with E-state index in [9.17, 15) is 0 Å². The third kappa shape index (κ3) is 5.36. The lowest BCUT2D eigenvalue weighted by Crippen LogP contribution is -2.16. The van der Waals surface area contributed by atoms with Crippen LogP contribution in [-0.2, 0) is 6.42 Å². The van der Waals surface area contributed by atoms with Gasteiger partial charge in [-0.2, -0.15) is 0 Å². The van der Waals surface area contributed by atoms with Crippen molar-refractivity contribution in [3.63, 3.8) is 0 Å². The molecule has 1 aromatic rings. The van der Waals surface area contributed by atoms with Crippen LogP contribution in [0.1, 0.15) is 43.4 Å². The maximum absolute atomic E-state index is 3.39. The van der Waals surface area contributed by atoms with Gasteiger partial charge in [-0.3, -0.25) is 0 Å². The summed E-state index contributed by atoms with van der Waals surface area (Å²) in [5, 5.41) is 3.39. The quantitative estimate of drug-likeness (QED) is 0.705. The van der Waals surface area contributed by atoms with Crippen LogP contribution in [-0.4, -0.2) is 13.1 Å². The molecule has 0 bridgehead atoms. The zero-order chi connectivity index (χ0) is 12.7. The monoisotopic (exact) mass is 233 g/mol. The summed E-state index contributed by atoms with van der Waals surface area (Å²) in [5.74, 6) is 0.815. The maximum atomic E-state index is 3.39. The smallest absolute Gasteiger partial charge is 0.00465 e. The van der Waals surface area contributed by atoms with Gasteiger partial charge in [-0.1, -0.05) is 32.0 Å². The van der Waals surface area contributed by atoms with Crippen LogP contribution in [0.25, 0.3) is 0 Å². The third-order valence-corrected chi connectivity index (χ3v) is 3.56. The van der Waals surface area contributed by atoms with Crippen LogP contribution in [0.5, 0.6) is 0 Å². The lowest BCUT2D eigenvalue weighted by Gasteiger charge is -2.12. The van der Waals surface area contributed by atoms with E-state index in [-0.39, 0.29) is 0 Å². The second kappa shape index (κ2) is 7.50. The Balaban J connectivity index is 2.31. The third-order valence-electron chi connectivity index (χ3n) is 3.56. The van der Waals surface area contributed by atoms with Crippen molar-refractivity contribution in [1.29, 1.82) is 0 Å². The van der Waals surface area contributed by atoms with Crippen LogP contribution in [0, 0.1) is 19.8 Å². The van der Waals surface area contributed by atoms with E-state index >= 15 is 0 Å². The summed E-state index contributed by atoms with van der Waals surface area (Å²) in [6, 6.07) is 6.86. The molecular formula is C16H27N. The summed E-state index contributed by atoms with van der Waals surface area (Å²) in [6.07, 6.45) is 3.81. The van der Waals surface area contributed by atoms with Gasteiger partial charge in [0.25, 0.3) is 0 Å². The van der Waals surface area contributed by atoms with Gasteiger partial charge in [0.1, 0.15) is 0 Å². The molecule has 0 aliphatic rings. The first-order valence-corrected chi connectivity index (χ1v) is 6.90. The Hall–Kier alpha value is -0.820. The minimum atomic E-state index is 0.815. The molecule has 0 heterocycles. The fourth-order valence-corrected chi connectivity index (χ4v) is 2.04. The number of hydrogen-bond donors (Lipinski definition) is 1. The summed E-state index contributed by atoms with van der Waals surface area (Å²) < 4.78 is 0. The molecule has 1 aromatic carbocycles. The Labute approximate surface area is 107 Å². The second-order valence-corrected chi connectivity index (χ2v) is 5.20. The fraction of sp³-hybridized carbons (Fsp3) is 0.625. The highest BCUT2D eigenvalue weighted by Gasteiger charge is 2.03. The number of hydrogen-bond acceptors (Lipinski definition) is 1. The van der Waals surface area contributed by atoms with Crippen molar-refractivity contribution in [2.45, 2.75) is 47.0 Å². The fourth-order valence-electron chi connectivity index (χ4n) is 2.04. The molecule has 0 aliphatic carbocycles. The van der Waals surface area contributed by atoms with E-state index in [4.69, 9.17) is 0 Å². The van der Waals surface area contributed by atoms with Gasteiger partial charge in [0.2, 0.25) is 0 Å². The number of nitrogens with one attached hydrogen (secondary N) is 1. The van der Waals surface area contributed by atoms with Crippen molar-refractivity contribution in [3.8, 4) is 0 Å². The SMILES string of the molecule is CCNCCC(C)CCc1ccc(C)c(C)c1. The van der Waals surface area contributed by atoms with Gasteiger partial charge in [-0.05, 0) is 68.8 Å². The normalized spacial score (nSPS) is 12.7. The van der Waals surface area contributed by atoms with Gasteiger partial charge in [0.05, 0.1) is 0 Å². The average molecular weight is 233 g/mol. The van der Waals surface area contributed by atoms with Gasteiger partial charge in [0.15, 0.2) is 0 Å². The summed E-state index contributed by atoms with van der Waals surface area (Å²) in [6.45, 7) is 11.2. The molecule has 1 nitrogen and oxygen atoms in total.